The van der Waals surface area contributed by atoms with Crippen LogP contribution in [0.5, 0.6) is 0 Å². The van der Waals surface area contributed by atoms with Gasteiger partial charge >= 0.3 is 5.97 Å². The third-order valence-electron chi connectivity index (χ3n) is 5.66. The van der Waals surface area contributed by atoms with Crippen LogP contribution in [0.15, 0.2) is 65.6 Å². The molecule has 33 heavy (non-hydrogen) atoms. The number of carbonyl (C=O) groups excluding carboxylic acids is 3. The van der Waals surface area contributed by atoms with Crippen LogP contribution in [-0.2, 0) is 19.2 Å². The van der Waals surface area contributed by atoms with Crippen LogP contribution in [0.25, 0.3) is 0 Å². The summed E-state index contributed by atoms with van der Waals surface area (Å²) < 4.78 is 0. The van der Waals surface area contributed by atoms with Crippen molar-refractivity contribution in [2.75, 3.05) is 10.2 Å². The van der Waals surface area contributed by atoms with Gasteiger partial charge in [0.2, 0.25) is 17.7 Å². The molecule has 0 radical (unpaired) electrons. The van der Waals surface area contributed by atoms with E-state index in [0.29, 0.717) is 29.2 Å². The number of carboxylic acid groups (broad SMARTS) is 1. The van der Waals surface area contributed by atoms with Crippen molar-refractivity contribution < 1.29 is 24.3 Å². The normalized spacial score (nSPS) is 22.5. The van der Waals surface area contributed by atoms with Crippen LogP contribution >= 0.6 is 23.4 Å². The molecule has 2 aliphatic rings. The Morgan fingerprint density at radius 1 is 1.03 bits per heavy atom. The SMILES string of the molecule is O=C(O)[C@@H]1CC=CC[C@H]1C(=O)Nc1ccc(S[C@@H]2CC(=O)N(c3cccc(Cl)c3)C2=O)cc1. The Balaban J connectivity index is 1.39. The van der Waals surface area contributed by atoms with Gasteiger partial charge in [0.05, 0.1) is 22.8 Å². The predicted octanol–water partition coefficient (Wildman–Crippen LogP) is 4.37. The van der Waals surface area contributed by atoms with E-state index < -0.39 is 23.1 Å². The number of allylic oxidation sites excluding steroid dienone is 2. The third kappa shape index (κ3) is 5.12. The van der Waals surface area contributed by atoms with Crippen molar-refractivity contribution in [2.24, 2.45) is 11.8 Å². The minimum Gasteiger partial charge on any atom is -0.481 e. The van der Waals surface area contributed by atoms with Crippen molar-refractivity contribution in [3.05, 3.63) is 65.7 Å². The number of hydrogen-bond donors (Lipinski definition) is 2. The molecule has 1 heterocycles. The van der Waals surface area contributed by atoms with Crippen molar-refractivity contribution in [3.8, 4) is 0 Å². The topological polar surface area (TPSA) is 104 Å². The summed E-state index contributed by atoms with van der Waals surface area (Å²) in [6.07, 6.45) is 4.43. The number of thioether (sulfide) groups is 1. The number of aliphatic carboxylic acids is 1. The van der Waals surface area contributed by atoms with E-state index in [4.69, 9.17) is 11.6 Å². The molecule has 2 N–H and O–H groups in total. The van der Waals surface area contributed by atoms with Crippen LogP contribution in [0.1, 0.15) is 19.3 Å². The van der Waals surface area contributed by atoms with Gasteiger partial charge in [-0.1, -0.05) is 29.8 Å². The highest BCUT2D eigenvalue weighted by atomic mass is 35.5. The Kier molecular flexibility index (Phi) is 6.85. The number of hydrogen-bond acceptors (Lipinski definition) is 5. The fraction of sp³-hybridized carbons (Fsp3) is 0.250. The number of carbonyl (C=O) groups is 4. The number of rotatable bonds is 6. The zero-order valence-electron chi connectivity index (χ0n) is 17.4. The van der Waals surface area contributed by atoms with E-state index >= 15 is 0 Å². The van der Waals surface area contributed by atoms with Gasteiger partial charge in [-0.2, -0.15) is 0 Å². The minimum atomic E-state index is -0.978. The summed E-state index contributed by atoms with van der Waals surface area (Å²) in [4.78, 5) is 51.3. The minimum absolute atomic E-state index is 0.0836. The number of imide groups is 1. The molecule has 3 amide bonds. The molecule has 9 heteroatoms. The van der Waals surface area contributed by atoms with Gasteiger partial charge in [-0.25, -0.2) is 4.90 Å². The van der Waals surface area contributed by atoms with Gasteiger partial charge in [-0.05, 0) is 55.3 Å². The molecule has 7 nitrogen and oxygen atoms in total. The van der Waals surface area contributed by atoms with Gasteiger partial charge in [-0.3, -0.25) is 19.2 Å². The molecule has 0 aromatic heterocycles. The Morgan fingerprint density at radius 2 is 1.73 bits per heavy atom. The second kappa shape index (κ2) is 9.80. The van der Waals surface area contributed by atoms with Gasteiger partial charge in [0, 0.05) is 22.0 Å². The lowest BCUT2D eigenvalue weighted by atomic mass is 9.82. The molecule has 0 spiro atoms. The van der Waals surface area contributed by atoms with Crippen molar-refractivity contribution in [1.29, 1.82) is 0 Å². The Bertz CT molecular complexity index is 1130. The highest BCUT2D eigenvalue weighted by Gasteiger charge is 2.40. The van der Waals surface area contributed by atoms with Gasteiger partial charge in [0.1, 0.15) is 0 Å². The maximum absolute atomic E-state index is 12.8. The van der Waals surface area contributed by atoms with E-state index in [2.05, 4.69) is 5.32 Å². The van der Waals surface area contributed by atoms with Gasteiger partial charge in [0.15, 0.2) is 0 Å². The fourth-order valence-electron chi connectivity index (χ4n) is 3.98. The summed E-state index contributed by atoms with van der Waals surface area (Å²) >= 11 is 7.27. The molecule has 3 atom stereocenters. The lowest BCUT2D eigenvalue weighted by Crippen LogP contribution is -2.34. The Labute approximate surface area is 199 Å². The quantitative estimate of drug-likeness (QED) is 0.466. The average molecular weight is 485 g/mol. The highest BCUT2D eigenvalue weighted by molar-refractivity contribution is 8.00. The number of nitrogens with one attached hydrogen (secondary N) is 1. The summed E-state index contributed by atoms with van der Waals surface area (Å²) in [5.74, 6) is -3.25. The molecular weight excluding hydrogens is 464 g/mol. The molecule has 2 aromatic rings. The largest absolute Gasteiger partial charge is 0.481 e. The number of benzene rings is 2. The zero-order chi connectivity index (χ0) is 23.5. The van der Waals surface area contributed by atoms with Crippen LogP contribution < -0.4 is 10.2 Å². The number of amides is 3. The first kappa shape index (κ1) is 23.1. The molecule has 1 saturated heterocycles. The van der Waals surface area contributed by atoms with Crippen molar-refractivity contribution in [1.82, 2.24) is 0 Å². The van der Waals surface area contributed by atoms with Gasteiger partial charge in [-0.15, -0.1) is 11.8 Å². The number of halogens is 1. The van der Waals surface area contributed by atoms with Crippen LogP contribution in [0.2, 0.25) is 5.02 Å². The summed E-state index contributed by atoms with van der Waals surface area (Å²) in [6.45, 7) is 0. The molecule has 0 saturated carbocycles. The Hall–Kier alpha value is -3.10. The molecule has 0 bridgehead atoms. The first-order chi connectivity index (χ1) is 15.8. The first-order valence-electron chi connectivity index (χ1n) is 10.4. The van der Waals surface area contributed by atoms with Crippen molar-refractivity contribution in [2.45, 2.75) is 29.4 Å². The molecule has 4 rings (SSSR count). The lowest BCUT2D eigenvalue weighted by Gasteiger charge is -2.24. The molecule has 170 valence electrons. The fourth-order valence-corrected chi connectivity index (χ4v) is 5.21. The highest BCUT2D eigenvalue weighted by Crippen LogP contribution is 2.35. The maximum atomic E-state index is 12.8. The number of carboxylic acids is 1. The maximum Gasteiger partial charge on any atom is 0.307 e. The zero-order valence-corrected chi connectivity index (χ0v) is 19.0. The van der Waals surface area contributed by atoms with E-state index in [1.165, 1.54) is 11.8 Å². The summed E-state index contributed by atoms with van der Waals surface area (Å²) in [5.41, 5.74) is 0.994. The van der Waals surface area contributed by atoms with E-state index in [-0.39, 0.29) is 24.1 Å². The monoisotopic (exact) mass is 484 g/mol. The number of anilines is 2. The van der Waals surface area contributed by atoms with Crippen molar-refractivity contribution >= 4 is 58.4 Å². The van der Waals surface area contributed by atoms with Crippen LogP contribution in [0.4, 0.5) is 11.4 Å². The molecule has 1 fully saturated rings. The molecule has 0 unspecified atom stereocenters. The standard InChI is InChI=1S/C24H21ClN2O5S/c25-14-4-3-5-16(12-14)27-21(28)13-20(23(27)30)33-17-10-8-15(9-11-17)26-22(29)18-6-1-2-7-19(18)24(31)32/h1-5,8-12,18-20H,6-7,13H2,(H,26,29)(H,31,32)/t18-,19-,20-/m1/s1. The summed E-state index contributed by atoms with van der Waals surface area (Å²) in [6, 6.07) is 13.5. The van der Waals surface area contributed by atoms with Crippen LogP contribution in [-0.4, -0.2) is 34.0 Å². The molecule has 1 aliphatic heterocycles. The van der Waals surface area contributed by atoms with E-state index in [0.717, 1.165) is 9.80 Å². The number of nitrogens with zero attached hydrogens (tertiary/aromatic N) is 1. The van der Waals surface area contributed by atoms with E-state index in [9.17, 15) is 24.3 Å². The van der Waals surface area contributed by atoms with Crippen LogP contribution in [0.3, 0.4) is 0 Å². The van der Waals surface area contributed by atoms with Crippen LogP contribution in [0, 0.1) is 11.8 Å². The first-order valence-corrected chi connectivity index (χ1v) is 11.7. The second-order valence-electron chi connectivity index (χ2n) is 7.87. The van der Waals surface area contributed by atoms with E-state index in [1.54, 1.807) is 54.6 Å². The van der Waals surface area contributed by atoms with Gasteiger partial charge < -0.3 is 10.4 Å². The predicted molar refractivity (Wildman–Crippen MR) is 126 cm³/mol. The van der Waals surface area contributed by atoms with Gasteiger partial charge in [0.25, 0.3) is 0 Å². The lowest BCUT2D eigenvalue weighted by molar-refractivity contribution is -0.146. The molecular formula is C24H21ClN2O5S. The summed E-state index contributed by atoms with van der Waals surface area (Å²) in [7, 11) is 0. The summed E-state index contributed by atoms with van der Waals surface area (Å²) in [5, 5.41) is 12.0. The van der Waals surface area contributed by atoms with Crippen molar-refractivity contribution in [3.63, 3.8) is 0 Å². The second-order valence-corrected chi connectivity index (χ2v) is 9.58. The third-order valence-corrected chi connectivity index (χ3v) is 7.09. The smallest absolute Gasteiger partial charge is 0.307 e. The average Bonchev–Trinajstić information content (AvgIpc) is 3.07. The molecule has 1 aliphatic carbocycles. The Morgan fingerprint density at radius 3 is 2.39 bits per heavy atom. The van der Waals surface area contributed by atoms with E-state index in [1.807, 2.05) is 6.08 Å². The molecule has 2 aromatic carbocycles.